The summed E-state index contributed by atoms with van der Waals surface area (Å²) in [7, 11) is 0. The molecule has 0 aromatic carbocycles. The Labute approximate surface area is 501 Å². The van der Waals surface area contributed by atoms with Gasteiger partial charge in [0.05, 0.1) is 19.3 Å². The number of carbonyl (C=O) groups excluding carboxylic acids is 10. The minimum absolute atomic E-state index is 0.0255. The highest BCUT2D eigenvalue weighted by atomic mass is 16.5. The highest BCUT2D eigenvalue weighted by molar-refractivity contribution is 6.00. The van der Waals surface area contributed by atoms with Crippen molar-refractivity contribution < 1.29 is 57.8 Å². The van der Waals surface area contributed by atoms with Gasteiger partial charge in [-0.05, 0) is 103 Å². The number of amides is 10. The van der Waals surface area contributed by atoms with Crippen molar-refractivity contribution in [3.8, 4) is 0 Å². The molecule has 0 aliphatic carbocycles. The molecule has 0 unspecified atom stereocenters. The summed E-state index contributed by atoms with van der Waals surface area (Å²) in [5.74, 6) is -6.28. The molecule has 2 rings (SSSR count). The van der Waals surface area contributed by atoms with E-state index in [1.807, 2.05) is 47.6 Å². The molecule has 0 bridgehead atoms. The fourth-order valence-corrected chi connectivity index (χ4v) is 9.81. The van der Waals surface area contributed by atoms with Crippen molar-refractivity contribution >= 4 is 59.6 Å². The van der Waals surface area contributed by atoms with E-state index >= 15 is 0 Å². The average Bonchev–Trinajstić information content (AvgIpc) is 4.02. The average molecular weight is 1190 g/mol. The van der Waals surface area contributed by atoms with Crippen LogP contribution in [-0.4, -0.2) is 185 Å². The van der Waals surface area contributed by atoms with E-state index in [1.54, 1.807) is 18.7 Å². The first-order chi connectivity index (χ1) is 39.3. The zero-order chi connectivity index (χ0) is 63.5. The Morgan fingerprint density at radius 2 is 1.23 bits per heavy atom. The molecule has 2 fully saturated rings. The van der Waals surface area contributed by atoms with Gasteiger partial charge in [0.2, 0.25) is 59.6 Å². The van der Waals surface area contributed by atoms with Crippen LogP contribution >= 0.6 is 0 Å². The van der Waals surface area contributed by atoms with E-state index in [-0.39, 0.29) is 61.8 Å². The molecular weight excluding hydrogens is 1080 g/mol. The van der Waals surface area contributed by atoms with E-state index in [0.717, 1.165) is 51.6 Å². The van der Waals surface area contributed by atoms with E-state index in [0.29, 0.717) is 58.5 Å². The van der Waals surface area contributed by atoms with Crippen LogP contribution in [0.5, 0.6) is 0 Å². The van der Waals surface area contributed by atoms with Crippen LogP contribution in [0.15, 0.2) is 12.2 Å². The van der Waals surface area contributed by atoms with Gasteiger partial charge in [-0.2, -0.15) is 0 Å². The molecule has 0 radical (unpaired) electrons. The number of nitrogens with zero attached hydrogens (tertiary/aromatic N) is 3. The summed E-state index contributed by atoms with van der Waals surface area (Å²) in [6.45, 7) is 30.0. The van der Waals surface area contributed by atoms with Crippen molar-refractivity contribution in [1.29, 1.82) is 0 Å². The summed E-state index contributed by atoms with van der Waals surface area (Å²) < 4.78 is 5.35. The number of aliphatic hydroxyl groups excluding tert-OH is 1. The molecule has 23 nitrogen and oxygen atoms in total. The monoisotopic (exact) mass is 1190 g/mol. The SMILES string of the molecule is CCCCCCCC[C@@H](C(=O)N[C@H](C(=O)NC(C)(C)C(=O)N[C@@H](CC(C)C)C(=O)N[C@@H](CC(C)C)C(=O)NC(C)(C)C(=O)NC(C)(C)C(=O)NCCC(=O)NCCN1CCOCC1)[C@H](O)C(C)C)N(C=O)[C@@H]1CCCN1C(=O)/C=C/[C@@H](C)CC. The molecule has 23 heteroatoms. The Kier molecular flexibility index (Phi) is 32.2. The minimum Gasteiger partial charge on any atom is -0.390 e. The Morgan fingerprint density at radius 1 is 0.655 bits per heavy atom. The minimum atomic E-state index is -1.76. The molecule has 0 aromatic rings. The van der Waals surface area contributed by atoms with Crippen LogP contribution in [0, 0.1) is 23.7 Å². The first-order valence-corrected chi connectivity index (χ1v) is 30.9. The van der Waals surface area contributed by atoms with Crippen molar-refractivity contribution in [2.45, 2.75) is 240 Å². The number of ether oxygens (including phenoxy) is 1. The molecule has 2 aliphatic rings. The molecule has 84 heavy (non-hydrogen) atoms. The van der Waals surface area contributed by atoms with Gasteiger partial charge in [-0.25, -0.2) is 0 Å². The smallest absolute Gasteiger partial charge is 0.247 e. The zero-order valence-corrected chi connectivity index (χ0v) is 53.6. The molecule has 10 amide bonds. The molecule has 7 atom stereocenters. The Hall–Kier alpha value is -5.68. The topological polar surface area (TPSA) is 306 Å². The Morgan fingerprint density at radius 3 is 1.81 bits per heavy atom. The summed E-state index contributed by atoms with van der Waals surface area (Å²) in [4.78, 5) is 143. The molecule has 9 N–H and O–H groups in total. The first-order valence-electron chi connectivity index (χ1n) is 30.9. The largest absolute Gasteiger partial charge is 0.390 e. The van der Waals surface area contributed by atoms with Crippen LogP contribution in [-0.2, 0) is 52.7 Å². The van der Waals surface area contributed by atoms with E-state index < -0.39 is 100 Å². The molecule has 0 aromatic heterocycles. The fraction of sp³-hybridized carbons (Fsp3) is 0.803. The van der Waals surface area contributed by atoms with Crippen LogP contribution in [0.2, 0.25) is 0 Å². The number of carbonyl (C=O) groups is 10. The predicted octanol–water partition coefficient (Wildman–Crippen LogP) is 3.32. The Balaban J connectivity index is 2.27. The second-order valence-corrected chi connectivity index (χ2v) is 25.7. The highest BCUT2D eigenvalue weighted by Crippen LogP contribution is 2.26. The number of rotatable bonds is 38. The third-order valence-corrected chi connectivity index (χ3v) is 15.4. The van der Waals surface area contributed by atoms with E-state index in [4.69, 9.17) is 4.74 Å². The summed E-state index contributed by atoms with van der Waals surface area (Å²) in [5, 5.41) is 33.5. The number of nitrogens with one attached hydrogen (secondary N) is 8. The van der Waals surface area contributed by atoms with E-state index in [9.17, 15) is 53.1 Å². The van der Waals surface area contributed by atoms with Crippen molar-refractivity contribution in [1.82, 2.24) is 57.2 Å². The maximum atomic E-state index is 14.6. The Bertz CT molecular complexity index is 2180. The maximum absolute atomic E-state index is 14.6. The number of allylic oxidation sites excluding steroid dienone is 1. The normalized spacial score (nSPS) is 17.4. The second-order valence-electron chi connectivity index (χ2n) is 25.7. The molecular formula is C61H109N11O12. The van der Waals surface area contributed by atoms with Gasteiger partial charge in [0.1, 0.15) is 46.9 Å². The van der Waals surface area contributed by atoms with Crippen molar-refractivity contribution in [2.75, 3.05) is 52.5 Å². The summed E-state index contributed by atoms with van der Waals surface area (Å²) >= 11 is 0. The van der Waals surface area contributed by atoms with Gasteiger partial charge in [0.25, 0.3) is 0 Å². The lowest BCUT2D eigenvalue weighted by Gasteiger charge is -2.38. The third-order valence-electron chi connectivity index (χ3n) is 15.4. The van der Waals surface area contributed by atoms with Crippen LogP contribution in [0.1, 0.15) is 187 Å². The van der Waals surface area contributed by atoms with Gasteiger partial charge < -0.3 is 62.2 Å². The number of hydrogen-bond donors (Lipinski definition) is 9. The predicted molar refractivity (Wildman–Crippen MR) is 323 cm³/mol. The van der Waals surface area contributed by atoms with E-state index in [1.165, 1.54) is 52.5 Å². The third kappa shape index (κ3) is 25.5. The number of morpholine rings is 1. The number of hydrogen-bond acceptors (Lipinski definition) is 13. The molecule has 2 saturated heterocycles. The van der Waals surface area contributed by atoms with Gasteiger partial charge in [-0.3, -0.25) is 52.8 Å². The summed E-state index contributed by atoms with van der Waals surface area (Å²) in [6, 6.07) is -5.14. The molecule has 0 saturated carbocycles. The lowest BCUT2D eigenvalue weighted by atomic mass is 9.95. The van der Waals surface area contributed by atoms with Gasteiger partial charge in [0.15, 0.2) is 0 Å². The van der Waals surface area contributed by atoms with Crippen molar-refractivity contribution in [2.24, 2.45) is 23.7 Å². The lowest BCUT2D eigenvalue weighted by molar-refractivity contribution is -0.145. The zero-order valence-electron chi connectivity index (χ0n) is 53.6. The van der Waals surface area contributed by atoms with E-state index in [2.05, 4.69) is 54.4 Å². The lowest BCUT2D eigenvalue weighted by Crippen LogP contribution is -2.66. The highest BCUT2D eigenvalue weighted by Gasteiger charge is 2.43. The van der Waals surface area contributed by atoms with Gasteiger partial charge >= 0.3 is 0 Å². The number of likely N-dealkylation sites (tertiary alicyclic amines) is 1. The van der Waals surface area contributed by atoms with Gasteiger partial charge in [0, 0.05) is 45.7 Å². The summed E-state index contributed by atoms with van der Waals surface area (Å²) in [6.07, 6.45) is 9.50. The van der Waals surface area contributed by atoms with Crippen molar-refractivity contribution in [3.63, 3.8) is 0 Å². The molecule has 2 heterocycles. The quantitative estimate of drug-likeness (QED) is 0.0244. The van der Waals surface area contributed by atoms with Gasteiger partial charge in [-0.15, -0.1) is 0 Å². The first kappa shape index (κ1) is 74.4. The standard InChI is InChI=1S/C61H109N11O12/c1-16-18-19-20-21-22-24-46(72(39-73)48-25-23-31-71(48)49(75)27-26-43(9)17-2)54(79)66-50(51(76)42(7)8)55(80)68-60(12,13)57(82)65-44(37-40(3)4)52(77)64-45(38-41(5)6)53(78)67-61(14,15)58(83)69-59(10,11)56(81)63-29-28-47(74)62-30-32-70-33-35-84-36-34-70/h26-27,39-46,48,50-51,76H,16-25,28-38H2,1-15H3,(H,62,74)(H,63,81)(H,64,77)(H,65,82)(H,66,79)(H,67,78)(H,68,80)(H,69,83)/b27-26+/t43-,44-,45-,46-,48+,50-,51+/m0/s1. The maximum Gasteiger partial charge on any atom is 0.247 e. The number of aliphatic hydroxyl groups is 1. The van der Waals surface area contributed by atoms with Crippen LogP contribution in [0.4, 0.5) is 0 Å². The van der Waals surface area contributed by atoms with Crippen LogP contribution < -0.4 is 42.5 Å². The molecule has 2 aliphatic heterocycles. The van der Waals surface area contributed by atoms with Crippen LogP contribution in [0.3, 0.4) is 0 Å². The molecule has 480 valence electrons. The summed E-state index contributed by atoms with van der Waals surface area (Å²) in [5.41, 5.74) is -4.83. The van der Waals surface area contributed by atoms with Crippen molar-refractivity contribution in [3.05, 3.63) is 12.2 Å². The van der Waals surface area contributed by atoms with Crippen LogP contribution in [0.25, 0.3) is 0 Å². The van der Waals surface area contributed by atoms with Gasteiger partial charge in [-0.1, -0.05) is 113 Å². The molecule has 0 spiro atoms. The number of unbranched alkanes of at least 4 members (excludes halogenated alkanes) is 5. The second kappa shape index (κ2) is 36.3. The fourth-order valence-electron chi connectivity index (χ4n) is 9.81.